The lowest BCUT2D eigenvalue weighted by Crippen LogP contribution is -2.58. The highest BCUT2D eigenvalue weighted by Gasteiger charge is 2.42. The number of alkyl carbamates (subject to hydrolysis) is 1. The molecular formula is C38H45N3O4. The molecule has 4 rings (SSSR count). The molecule has 0 spiro atoms. The average Bonchev–Trinajstić information content (AvgIpc) is 2.93. The van der Waals surface area contributed by atoms with E-state index in [1.165, 1.54) is 0 Å². The fourth-order valence-electron chi connectivity index (χ4n) is 5.58. The Labute approximate surface area is 267 Å². The molecule has 7 nitrogen and oxygen atoms in total. The van der Waals surface area contributed by atoms with Crippen LogP contribution in [0.2, 0.25) is 0 Å². The molecule has 0 heterocycles. The number of aryl methyl sites for hydroxylation is 2. The Bertz CT molecular complexity index is 1650. The highest BCUT2D eigenvalue weighted by molar-refractivity contribution is 6.00. The lowest BCUT2D eigenvalue weighted by Gasteiger charge is -2.43. The van der Waals surface area contributed by atoms with E-state index in [1.54, 1.807) is 25.7 Å². The lowest BCUT2D eigenvalue weighted by atomic mass is 9.92. The number of hydrogen-bond acceptors (Lipinski definition) is 4. The van der Waals surface area contributed by atoms with Crippen LogP contribution >= 0.6 is 0 Å². The molecule has 2 atom stereocenters. The van der Waals surface area contributed by atoms with E-state index in [1.807, 2.05) is 126 Å². The summed E-state index contributed by atoms with van der Waals surface area (Å²) in [6, 6.07) is 27.1. The van der Waals surface area contributed by atoms with Crippen LogP contribution in [0.15, 0.2) is 91.0 Å². The summed E-state index contributed by atoms with van der Waals surface area (Å²) in [5, 5.41) is 7.97. The number of rotatable bonds is 8. The van der Waals surface area contributed by atoms with Crippen LogP contribution in [-0.4, -0.2) is 40.0 Å². The molecule has 0 aliphatic heterocycles. The maximum Gasteiger partial charge on any atom is 0.408 e. The van der Waals surface area contributed by atoms with Crippen LogP contribution in [0.5, 0.6) is 0 Å². The average molecular weight is 608 g/mol. The number of carbonyl (C=O) groups excluding carboxylic acids is 3. The Morgan fingerprint density at radius 1 is 0.756 bits per heavy atom. The Morgan fingerprint density at radius 3 is 1.96 bits per heavy atom. The van der Waals surface area contributed by atoms with Crippen molar-refractivity contribution in [2.75, 3.05) is 5.32 Å². The molecule has 45 heavy (non-hydrogen) atoms. The Balaban J connectivity index is 1.80. The molecule has 0 aromatic heterocycles. The fraction of sp³-hybridized carbons (Fsp3) is 0.342. The van der Waals surface area contributed by atoms with Gasteiger partial charge in [0.05, 0.1) is 0 Å². The van der Waals surface area contributed by atoms with E-state index in [9.17, 15) is 14.4 Å². The first-order valence-corrected chi connectivity index (χ1v) is 15.4. The first-order valence-electron chi connectivity index (χ1n) is 15.4. The van der Waals surface area contributed by atoms with Gasteiger partial charge in [-0.25, -0.2) is 4.79 Å². The minimum atomic E-state index is -0.999. The summed E-state index contributed by atoms with van der Waals surface area (Å²) in [5.74, 6) is -0.746. The molecule has 0 fully saturated rings. The van der Waals surface area contributed by atoms with E-state index in [2.05, 4.69) is 10.6 Å². The van der Waals surface area contributed by atoms with Crippen molar-refractivity contribution in [1.29, 1.82) is 0 Å². The van der Waals surface area contributed by atoms with Crippen LogP contribution in [0.25, 0.3) is 10.8 Å². The maximum absolute atomic E-state index is 14.8. The smallest absolute Gasteiger partial charge is 0.408 e. The number of nitrogens with zero attached hydrogens (tertiary/aromatic N) is 1. The maximum atomic E-state index is 14.8. The third-order valence-electron chi connectivity index (χ3n) is 7.32. The van der Waals surface area contributed by atoms with Gasteiger partial charge in [0.15, 0.2) is 0 Å². The molecule has 4 aromatic rings. The molecular weight excluding hydrogens is 562 g/mol. The van der Waals surface area contributed by atoms with Crippen LogP contribution in [0.1, 0.15) is 69.8 Å². The monoisotopic (exact) mass is 607 g/mol. The van der Waals surface area contributed by atoms with E-state index in [-0.39, 0.29) is 12.3 Å². The van der Waals surface area contributed by atoms with E-state index in [0.717, 1.165) is 27.5 Å². The highest BCUT2D eigenvalue weighted by atomic mass is 16.6. The predicted molar refractivity (Wildman–Crippen MR) is 181 cm³/mol. The molecule has 0 radical (unpaired) electrons. The molecule has 236 valence electrons. The summed E-state index contributed by atoms with van der Waals surface area (Å²) in [6.07, 6.45) is -0.480. The minimum Gasteiger partial charge on any atom is -0.444 e. The van der Waals surface area contributed by atoms with Gasteiger partial charge in [-0.3, -0.25) is 9.59 Å². The normalized spacial score (nSPS) is 13.1. The van der Waals surface area contributed by atoms with E-state index >= 15 is 0 Å². The van der Waals surface area contributed by atoms with E-state index in [0.29, 0.717) is 11.3 Å². The van der Waals surface area contributed by atoms with E-state index in [4.69, 9.17) is 4.74 Å². The van der Waals surface area contributed by atoms with Crippen LogP contribution in [0, 0.1) is 13.8 Å². The van der Waals surface area contributed by atoms with Crippen molar-refractivity contribution in [1.82, 2.24) is 10.2 Å². The Morgan fingerprint density at radius 2 is 1.36 bits per heavy atom. The molecule has 0 saturated heterocycles. The number of ether oxygens (including phenoxy) is 1. The van der Waals surface area contributed by atoms with E-state index < -0.39 is 35.2 Å². The summed E-state index contributed by atoms with van der Waals surface area (Å²) in [5.41, 5.74) is 2.56. The minimum absolute atomic E-state index is 0.220. The second-order valence-corrected chi connectivity index (χ2v) is 13.6. The molecule has 0 saturated carbocycles. The molecule has 0 aliphatic rings. The largest absolute Gasteiger partial charge is 0.444 e. The molecule has 7 heteroatoms. The van der Waals surface area contributed by atoms with Gasteiger partial charge in [0.1, 0.15) is 17.7 Å². The molecule has 2 unspecified atom stereocenters. The molecule has 0 aliphatic carbocycles. The number of benzene rings is 4. The zero-order chi connectivity index (χ0) is 32.9. The van der Waals surface area contributed by atoms with Crippen LogP contribution in [0.3, 0.4) is 0 Å². The lowest BCUT2D eigenvalue weighted by molar-refractivity contribution is -0.146. The van der Waals surface area contributed by atoms with Crippen molar-refractivity contribution < 1.29 is 19.1 Å². The van der Waals surface area contributed by atoms with Crippen molar-refractivity contribution in [2.24, 2.45) is 0 Å². The predicted octanol–water partition coefficient (Wildman–Crippen LogP) is 7.90. The van der Waals surface area contributed by atoms with Gasteiger partial charge in [0.25, 0.3) is 5.91 Å². The number of amides is 3. The molecule has 2 N–H and O–H groups in total. The number of anilines is 1. The van der Waals surface area contributed by atoms with Gasteiger partial charge in [0.2, 0.25) is 5.91 Å². The van der Waals surface area contributed by atoms with Crippen LogP contribution < -0.4 is 10.6 Å². The summed E-state index contributed by atoms with van der Waals surface area (Å²) >= 11 is 0. The summed E-state index contributed by atoms with van der Waals surface area (Å²) in [6.45, 7) is 15.0. The third kappa shape index (κ3) is 8.94. The number of carbonyl (C=O) groups is 3. The second kappa shape index (κ2) is 13.6. The van der Waals surface area contributed by atoms with Crippen molar-refractivity contribution in [3.63, 3.8) is 0 Å². The second-order valence-electron chi connectivity index (χ2n) is 13.6. The zero-order valence-corrected chi connectivity index (χ0v) is 27.6. The molecule has 0 bridgehead atoms. The first-order chi connectivity index (χ1) is 21.1. The fourth-order valence-corrected chi connectivity index (χ4v) is 5.58. The van der Waals surface area contributed by atoms with Gasteiger partial charge in [-0.05, 0) is 89.4 Å². The SMILES string of the molecule is Cc1cc(C)cc(C(C(=O)Nc2ccc3ccccc3c2)N(C(=O)C(Cc2ccccc2)NC(=O)OC(C)(C)C)C(C)(C)C)c1. The Hall–Kier alpha value is -4.65. The topological polar surface area (TPSA) is 87.7 Å². The summed E-state index contributed by atoms with van der Waals surface area (Å²) < 4.78 is 5.56. The quantitative estimate of drug-likeness (QED) is 0.213. The molecule has 4 aromatic carbocycles. The number of hydrogen-bond donors (Lipinski definition) is 2. The van der Waals surface area contributed by atoms with Crippen molar-refractivity contribution in [3.05, 3.63) is 113 Å². The summed E-state index contributed by atoms with van der Waals surface area (Å²) in [4.78, 5) is 43.9. The van der Waals surface area contributed by atoms with Crippen molar-refractivity contribution in [3.8, 4) is 0 Å². The Kier molecular flexibility index (Phi) is 10.0. The number of fused-ring (bicyclic) bond motifs is 1. The van der Waals surface area contributed by atoms with Gasteiger partial charge in [-0.1, -0.05) is 90.0 Å². The summed E-state index contributed by atoms with van der Waals surface area (Å²) in [7, 11) is 0. The van der Waals surface area contributed by atoms with Gasteiger partial charge >= 0.3 is 6.09 Å². The van der Waals surface area contributed by atoms with Gasteiger partial charge in [0, 0.05) is 17.6 Å². The standard InChI is InChI=1S/C38H45N3O4/c1-25-20-26(2)22-30(21-25)33(34(42)39-31-19-18-28-16-12-13-17-29(28)24-31)41(37(3,4)5)35(43)32(23-27-14-10-9-11-15-27)40-36(44)45-38(6,7)8/h9-22,24,32-33H,23H2,1-8H3,(H,39,42)(H,40,44). The van der Waals surface area contributed by atoms with Crippen LogP contribution in [-0.2, 0) is 20.7 Å². The molecule has 3 amide bonds. The first kappa shape index (κ1) is 33.2. The van der Waals surface area contributed by atoms with Crippen LogP contribution in [0.4, 0.5) is 10.5 Å². The van der Waals surface area contributed by atoms with Crippen molar-refractivity contribution in [2.45, 2.75) is 85.0 Å². The van der Waals surface area contributed by atoms with Crippen molar-refractivity contribution >= 4 is 34.4 Å². The van der Waals surface area contributed by atoms with Gasteiger partial charge in [-0.15, -0.1) is 0 Å². The number of nitrogens with one attached hydrogen (secondary N) is 2. The van der Waals surface area contributed by atoms with Gasteiger partial charge in [-0.2, -0.15) is 0 Å². The zero-order valence-electron chi connectivity index (χ0n) is 27.6. The van der Waals surface area contributed by atoms with Gasteiger partial charge < -0.3 is 20.3 Å². The third-order valence-corrected chi connectivity index (χ3v) is 7.32. The highest BCUT2D eigenvalue weighted by Crippen LogP contribution is 2.33.